The van der Waals surface area contributed by atoms with Crippen molar-refractivity contribution < 1.29 is 14.9 Å². The highest BCUT2D eigenvalue weighted by atomic mass is 32.2. The van der Waals surface area contributed by atoms with Gasteiger partial charge in [-0.1, -0.05) is 17.8 Å². The molecule has 23 heavy (non-hydrogen) atoms. The zero-order valence-electron chi connectivity index (χ0n) is 12.0. The van der Waals surface area contributed by atoms with E-state index in [4.69, 9.17) is 9.94 Å². The highest BCUT2D eigenvalue weighted by Crippen LogP contribution is 2.30. The lowest BCUT2D eigenvalue weighted by molar-refractivity contribution is -0.385. The van der Waals surface area contributed by atoms with Crippen LogP contribution in [-0.2, 0) is 0 Å². The lowest BCUT2D eigenvalue weighted by Crippen LogP contribution is -2.37. The van der Waals surface area contributed by atoms with Crippen molar-refractivity contribution in [2.75, 3.05) is 13.2 Å². The number of aromatic nitrogens is 2. The molecule has 0 atom stereocenters. The summed E-state index contributed by atoms with van der Waals surface area (Å²) in [6.45, 7) is 1.04. The van der Waals surface area contributed by atoms with Crippen molar-refractivity contribution in [3.63, 3.8) is 0 Å². The van der Waals surface area contributed by atoms with Gasteiger partial charge in [-0.05, 0) is 13.0 Å². The van der Waals surface area contributed by atoms with Crippen LogP contribution in [0.1, 0.15) is 5.56 Å². The van der Waals surface area contributed by atoms with Gasteiger partial charge in [0.15, 0.2) is 0 Å². The van der Waals surface area contributed by atoms with Gasteiger partial charge in [-0.2, -0.15) is 0 Å². The maximum atomic E-state index is 11.9. The number of non-ortho nitro benzene ring substituents is 1. The Labute approximate surface area is 133 Å². The smallest absolute Gasteiger partial charge is 0.362 e. The van der Waals surface area contributed by atoms with Gasteiger partial charge in [-0.25, -0.2) is 4.79 Å². The van der Waals surface area contributed by atoms with Crippen LogP contribution in [0.25, 0.3) is 0 Å². The number of aliphatic hydroxyl groups is 1. The lowest BCUT2D eigenvalue weighted by Gasteiger charge is -2.13. The van der Waals surface area contributed by atoms with Crippen LogP contribution in [-0.4, -0.2) is 33.0 Å². The van der Waals surface area contributed by atoms with E-state index < -0.39 is 16.2 Å². The number of hydrogen-bond donors (Lipinski definition) is 2. The standard InChI is InChI=1S/C13H13N3O6S/c1-8-11(18)14-13(19)15(22-6-5-17)12(8)23-10-4-2-3-9(7-10)16(20)21/h2-4,7,17H,5-6H2,1H3,(H,14,18,19). The lowest BCUT2D eigenvalue weighted by atomic mass is 10.3. The van der Waals surface area contributed by atoms with Crippen LogP contribution in [0.2, 0.25) is 0 Å². The molecule has 2 N–H and O–H groups in total. The third-order valence-corrected chi connectivity index (χ3v) is 3.96. The van der Waals surface area contributed by atoms with Gasteiger partial charge in [0.05, 0.1) is 11.5 Å². The molecule has 10 heteroatoms. The van der Waals surface area contributed by atoms with E-state index in [1.54, 1.807) is 6.07 Å². The van der Waals surface area contributed by atoms with E-state index in [0.717, 1.165) is 16.5 Å². The number of aliphatic hydroxyl groups excluding tert-OH is 1. The normalized spacial score (nSPS) is 10.5. The molecule has 0 aliphatic rings. The van der Waals surface area contributed by atoms with Crippen molar-refractivity contribution in [1.82, 2.24) is 9.71 Å². The Morgan fingerprint density at radius 3 is 2.83 bits per heavy atom. The maximum Gasteiger partial charge on any atom is 0.362 e. The average molecular weight is 339 g/mol. The zero-order valence-corrected chi connectivity index (χ0v) is 12.8. The summed E-state index contributed by atoms with van der Waals surface area (Å²) in [5, 5.41) is 19.8. The number of benzene rings is 1. The van der Waals surface area contributed by atoms with Gasteiger partial charge in [-0.3, -0.25) is 19.9 Å². The largest absolute Gasteiger partial charge is 0.406 e. The number of nitrogens with zero attached hydrogens (tertiary/aromatic N) is 2. The zero-order chi connectivity index (χ0) is 17.0. The van der Waals surface area contributed by atoms with Gasteiger partial charge >= 0.3 is 5.69 Å². The van der Waals surface area contributed by atoms with Crippen molar-refractivity contribution in [2.24, 2.45) is 0 Å². The molecule has 1 heterocycles. The third kappa shape index (κ3) is 3.79. The number of rotatable bonds is 6. The van der Waals surface area contributed by atoms with Gasteiger partial charge in [0, 0.05) is 22.6 Å². The minimum atomic E-state index is -0.790. The van der Waals surface area contributed by atoms with E-state index in [-0.39, 0.29) is 29.5 Å². The molecule has 2 aromatic rings. The molecule has 0 spiro atoms. The van der Waals surface area contributed by atoms with Gasteiger partial charge in [-0.15, -0.1) is 4.73 Å². The number of hydrogen-bond acceptors (Lipinski definition) is 7. The molecule has 0 bridgehead atoms. The van der Waals surface area contributed by atoms with Crippen molar-refractivity contribution in [3.05, 3.63) is 60.8 Å². The van der Waals surface area contributed by atoms with Crippen molar-refractivity contribution in [1.29, 1.82) is 0 Å². The molecule has 0 fully saturated rings. The fraction of sp³-hybridized carbons (Fsp3) is 0.231. The minimum Gasteiger partial charge on any atom is -0.406 e. The van der Waals surface area contributed by atoms with Crippen LogP contribution in [0.15, 0.2) is 43.8 Å². The Bertz CT molecular complexity index is 844. The summed E-state index contributed by atoms with van der Waals surface area (Å²) < 4.78 is 0.858. The Hall–Kier alpha value is -2.59. The Morgan fingerprint density at radius 2 is 2.17 bits per heavy atom. The molecule has 9 nitrogen and oxygen atoms in total. The molecule has 0 saturated heterocycles. The first-order valence-electron chi connectivity index (χ1n) is 6.46. The van der Waals surface area contributed by atoms with E-state index in [1.165, 1.54) is 25.1 Å². The highest BCUT2D eigenvalue weighted by molar-refractivity contribution is 7.99. The predicted molar refractivity (Wildman–Crippen MR) is 81.8 cm³/mol. The topological polar surface area (TPSA) is 127 Å². The molecular weight excluding hydrogens is 326 g/mol. The van der Waals surface area contributed by atoms with Crippen molar-refractivity contribution in [2.45, 2.75) is 16.8 Å². The van der Waals surface area contributed by atoms with Crippen LogP contribution in [0.4, 0.5) is 5.69 Å². The fourth-order valence-electron chi connectivity index (χ4n) is 1.72. The summed E-state index contributed by atoms with van der Waals surface area (Å²) >= 11 is 0.983. The monoisotopic (exact) mass is 339 g/mol. The fourth-order valence-corrected chi connectivity index (χ4v) is 2.74. The Kier molecular flexibility index (Phi) is 5.19. The van der Waals surface area contributed by atoms with Crippen molar-refractivity contribution in [3.8, 4) is 0 Å². The maximum absolute atomic E-state index is 11.9. The summed E-state index contributed by atoms with van der Waals surface area (Å²) in [5.74, 6) is 0. The SMILES string of the molecule is Cc1c(Sc2cccc([N+](=O)[O-])c2)n(OCCO)c(=O)[nH]c1=O. The summed E-state index contributed by atoms with van der Waals surface area (Å²) in [6, 6.07) is 5.77. The van der Waals surface area contributed by atoms with E-state index in [1.807, 2.05) is 0 Å². The van der Waals surface area contributed by atoms with Crippen LogP contribution in [0, 0.1) is 17.0 Å². The molecule has 0 aliphatic heterocycles. The van der Waals surface area contributed by atoms with Gasteiger partial charge in [0.25, 0.3) is 11.2 Å². The molecule has 1 aromatic heterocycles. The van der Waals surface area contributed by atoms with Crippen LogP contribution >= 0.6 is 11.8 Å². The Balaban J connectivity index is 2.49. The molecule has 0 radical (unpaired) electrons. The third-order valence-electron chi connectivity index (χ3n) is 2.81. The molecule has 0 amide bonds. The molecular formula is C13H13N3O6S. The minimum absolute atomic E-state index is 0.109. The molecule has 0 aliphatic carbocycles. The van der Waals surface area contributed by atoms with Crippen molar-refractivity contribution >= 4 is 17.4 Å². The van der Waals surface area contributed by atoms with E-state index in [9.17, 15) is 19.7 Å². The van der Waals surface area contributed by atoms with Gasteiger partial charge < -0.3 is 9.94 Å². The van der Waals surface area contributed by atoms with Gasteiger partial charge in [0.1, 0.15) is 11.6 Å². The van der Waals surface area contributed by atoms with E-state index in [0.29, 0.717) is 4.90 Å². The first-order chi connectivity index (χ1) is 10.9. The number of H-pyrrole nitrogens is 1. The van der Waals surface area contributed by atoms with Crippen LogP contribution in [0.3, 0.4) is 0 Å². The second-order valence-electron chi connectivity index (χ2n) is 4.40. The highest BCUT2D eigenvalue weighted by Gasteiger charge is 2.16. The van der Waals surface area contributed by atoms with Gasteiger partial charge in [0.2, 0.25) is 0 Å². The quantitative estimate of drug-likeness (QED) is 0.441. The second kappa shape index (κ2) is 7.11. The number of nitro benzene ring substituents is 1. The van der Waals surface area contributed by atoms with Crippen LogP contribution in [0.5, 0.6) is 0 Å². The first kappa shape index (κ1) is 16.8. The summed E-state index contributed by atoms with van der Waals surface area (Å²) in [5.41, 5.74) is -1.25. The number of aromatic amines is 1. The predicted octanol–water partition coefficient (Wildman–Crippen LogP) is 0.325. The number of nitrogens with one attached hydrogen (secondary N) is 1. The number of nitro groups is 1. The Morgan fingerprint density at radius 1 is 1.43 bits per heavy atom. The van der Waals surface area contributed by atoms with Crippen LogP contribution < -0.4 is 16.1 Å². The molecule has 122 valence electrons. The summed E-state index contributed by atoms with van der Waals surface area (Å²) in [4.78, 5) is 41.6. The summed E-state index contributed by atoms with van der Waals surface area (Å²) in [6.07, 6.45) is 0. The molecule has 2 rings (SSSR count). The second-order valence-corrected chi connectivity index (χ2v) is 5.46. The first-order valence-corrected chi connectivity index (χ1v) is 7.28. The molecule has 0 saturated carbocycles. The molecule has 0 unspecified atom stereocenters. The van der Waals surface area contributed by atoms with E-state index >= 15 is 0 Å². The average Bonchev–Trinajstić information content (AvgIpc) is 2.52. The molecule has 1 aromatic carbocycles. The van der Waals surface area contributed by atoms with E-state index in [2.05, 4.69) is 4.98 Å². The summed E-state index contributed by atoms with van der Waals surface area (Å²) in [7, 11) is 0.